The van der Waals surface area contributed by atoms with Crippen LogP contribution in [0.5, 0.6) is 11.5 Å². The van der Waals surface area contributed by atoms with Crippen molar-refractivity contribution in [2.75, 3.05) is 10.5 Å². The Morgan fingerprint density at radius 1 is 0.838 bits per heavy atom. The number of anilines is 1. The maximum atomic E-state index is 12.9. The lowest BCUT2D eigenvalue weighted by molar-refractivity contribution is 0.0697. The second kappa shape index (κ2) is 13.3. The van der Waals surface area contributed by atoms with Gasteiger partial charge in [0.2, 0.25) is 0 Å². The van der Waals surface area contributed by atoms with Crippen molar-refractivity contribution in [2.45, 2.75) is 16.2 Å². The molecule has 0 saturated carbocycles. The zero-order chi connectivity index (χ0) is 26.7. The van der Waals surface area contributed by atoms with Crippen molar-refractivity contribution in [2.24, 2.45) is 0 Å². The van der Waals surface area contributed by atoms with E-state index in [9.17, 15) is 18.3 Å². The van der Waals surface area contributed by atoms with Gasteiger partial charge in [-0.05, 0) is 66.6 Å². The molecule has 0 radical (unpaired) electrons. The van der Waals surface area contributed by atoms with E-state index in [1.807, 2.05) is 48.5 Å². The highest BCUT2D eigenvalue weighted by Crippen LogP contribution is 2.28. The number of carbonyl (C=O) groups is 1. The van der Waals surface area contributed by atoms with Crippen LogP contribution in [0.25, 0.3) is 0 Å². The molecule has 4 aromatic carbocycles. The van der Waals surface area contributed by atoms with E-state index in [0.717, 1.165) is 17.1 Å². The van der Waals surface area contributed by atoms with Crippen LogP contribution in [0.15, 0.2) is 126 Å². The molecular formula is C29H27NO5S2. The Labute approximate surface area is 221 Å². The molecule has 0 unspecified atom stereocenters. The van der Waals surface area contributed by atoms with Crippen molar-refractivity contribution in [3.05, 3.63) is 127 Å². The van der Waals surface area contributed by atoms with Crippen LogP contribution in [0.4, 0.5) is 5.69 Å². The van der Waals surface area contributed by atoms with Gasteiger partial charge in [-0.1, -0.05) is 48.5 Å². The van der Waals surface area contributed by atoms with Crippen LogP contribution in [0.2, 0.25) is 0 Å². The van der Waals surface area contributed by atoms with Gasteiger partial charge in [0.15, 0.2) is 0 Å². The van der Waals surface area contributed by atoms with Crippen molar-refractivity contribution >= 4 is 33.4 Å². The first-order valence-corrected chi connectivity index (χ1v) is 13.8. The molecule has 37 heavy (non-hydrogen) atoms. The standard InChI is InChI=1S/C27H23NO5S2.C2H4/c29-27(30)25-19-23(34-18-17-20-7-3-1-4-8-20)13-16-26(25)28-35(31,32)24-14-11-22(12-15-24)33-21-9-5-2-6-10-21;1-2/h1-16,19,28H,17-18H2,(H,29,30);1-2H2. The van der Waals surface area contributed by atoms with Gasteiger partial charge in [-0.2, -0.15) is 0 Å². The molecule has 0 aromatic heterocycles. The maximum absolute atomic E-state index is 12.9. The van der Waals surface area contributed by atoms with E-state index in [2.05, 4.69) is 17.9 Å². The summed E-state index contributed by atoms with van der Waals surface area (Å²) in [6, 6.07) is 29.8. The lowest BCUT2D eigenvalue weighted by atomic mass is 10.2. The molecule has 0 spiro atoms. The number of hydrogen-bond acceptors (Lipinski definition) is 5. The van der Waals surface area contributed by atoms with Gasteiger partial charge in [0.25, 0.3) is 10.0 Å². The molecule has 0 fully saturated rings. The normalized spacial score (nSPS) is 10.6. The number of carboxylic acid groups (broad SMARTS) is 1. The number of carboxylic acids is 1. The highest BCUT2D eigenvalue weighted by Gasteiger charge is 2.19. The van der Waals surface area contributed by atoms with Crippen LogP contribution in [0.3, 0.4) is 0 Å². The Balaban J connectivity index is 0.00000186. The van der Waals surface area contributed by atoms with Crippen LogP contribution >= 0.6 is 11.8 Å². The van der Waals surface area contributed by atoms with E-state index in [1.165, 1.54) is 41.6 Å². The summed E-state index contributed by atoms with van der Waals surface area (Å²) in [5, 5.41) is 9.68. The molecule has 0 bridgehead atoms. The van der Waals surface area contributed by atoms with E-state index < -0.39 is 16.0 Å². The quantitative estimate of drug-likeness (QED) is 0.167. The summed E-state index contributed by atoms with van der Waals surface area (Å²) in [7, 11) is -4.00. The van der Waals surface area contributed by atoms with Crippen molar-refractivity contribution < 1.29 is 23.1 Å². The molecule has 0 aliphatic rings. The fraction of sp³-hybridized carbons (Fsp3) is 0.0690. The first-order chi connectivity index (χ1) is 17.9. The number of ether oxygens (including phenoxy) is 1. The molecule has 0 aliphatic heterocycles. The first kappa shape index (κ1) is 27.6. The largest absolute Gasteiger partial charge is 0.478 e. The third kappa shape index (κ3) is 7.99. The fourth-order valence-corrected chi connectivity index (χ4v) is 5.34. The third-order valence-corrected chi connectivity index (χ3v) is 7.46. The number of thioether (sulfide) groups is 1. The Hall–Kier alpha value is -4.01. The zero-order valence-corrected chi connectivity index (χ0v) is 21.7. The number of para-hydroxylation sites is 1. The Bertz CT molecular complexity index is 1410. The van der Waals surface area contributed by atoms with Crippen molar-refractivity contribution in [3.8, 4) is 11.5 Å². The average molecular weight is 534 g/mol. The van der Waals surface area contributed by atoms with Gasteiger partial charge in [0.1, 0.15) is 11.5 Å². The van der Waals surface area contributed by atoms with Crippen LogP contribution in [-0.4, -0.2) is 25.2 Å². The summed E-state index contributed by atoms with van der Waals surface area (Å²) in [6.07, 6.45) is 0.840. The van der Waals surface area contributed by atoms with E-state index >= 15 is 0 Å². The zero-order valence-electron chi connectivity index (χ0n) is 20.0. The molecule has 8 heteroatoms. The lowest BCUT2D eigenvalue weighted by Gasteiger charge is -2.13. The van der Waals surface area contributed by atoms with Crippen LogP contribution in [0.1, 0.15) is 15.9 Å². The fourth-order valence-electron chi connectivity index (χ4n) is 3.33. The summed E-state index contributed by atoms with van der Waals surface area (Å²) in [5.74, 6) is 0.679. The topological polar surface area (TPSA) is 92.7 Å². The number of benzene rings is 4. The van der Waals surface area contributed by atoms with Gasteiger partial charge in [-0.3, -0.25) is 4.72 Å². The van der Waals surface area contributed by atoms with Crippen molar-refractivity contribution in [1.29, 1.82) is 0 Å². The maximum Gasteiger partial charge on any atom is 0.337 e. The van der Waals surface area contributed by atoms with E-state index in [1.54, 1.807) is 30.3 Å². The predicted molar refractivity (Wildman–Crippen MR) is 149 cm³/mol. The third-order valence-electron chi connectivity index (χ3n) is 5.08. The molecule has 4 rings (SSSR count). The Morgan fingerprint density at radius 2 is 1.43 bits per heavy atom. The van der Waals surface area contributed by atoms with Crippen LogP contribution < -0.4 is 9.46 Å². The number of rotatable bonds is 10. The minimum Gasteiger partial charge on any atom is -0.478 e. The van der Waals surface area contributed by atoms with Gasteiger partial charge in [0.05, 0.1) is 16.1 Å². The van der Waals surface area contributed by atoms with E-state index in [-0.39, 0.29) is 16.1 Å². The molecule has 0 amide bonds. The number of aromatic carboxylic acids is 1. The van der Waals surface area contributed by atoms with Crippen LogP contribution in [-0.2, 0) is 16.4 Å². The Morgan fingerprint density at radius 3 is 2.05 bits per heavy atom. The average Bonchev–Trinajstić information content (AvgIpc) is 2.92. The van der Waals surface area contributed by atoms with Crippen LogP contribution in [0, 0.1) is 0 Å². The Kier molecular flexibility index (Phi) is 9.94. The summed E-state index contributed by atoms with van der Waals surface area (Å²) < 4.78 is 33.9. The monoisotopic (exact) mass is 533 g/mol. The van der Waals surface area contributed by atoms with E-state index in [0.29, 0.717) is 11.5 Å². The van der Waals surface area contributed by atoms with Gasteiger partial charge < -0.3 is 9.84 Å². The SMILES string of the molecule is C=C.O=C(O)c1cc(SCCc2ccccc2)ccc1NS(=O)(=O)c1ccc(Oc2ccccc2)cc1. The highest BCUT2D eigenvalue weighted by molar-refractivity contribution is 7.99. The number of hydrogen-bond donors (Lipinski definition) is 2. The molecule has 0 saturated heterocycles. The minimum absolute atomic E-state index is 0.00411. The first-order valence-electron chi connectivity index (χ1n) is 11.3. The molecule has 4 aromatic rings. The van der Waals surface area contributed by atoms with Gasteiger partial charge in [-0.15, -0.1) is 24.9 Å². The molecule has 0 heterocycles. The number of aryl methyl sites for hydroxylation is 1. The minimum atomic E-state index is -4.00. The summed E-state index contributed by atoms with van der Waals surface area (Å²) >= 11 is 1.52. The highest BCUT2D eigenvalue weighted by atomic mass is 32.2. The molecule has 2 N–H and O–H groups in total. The number of sulfonamides is 1. The van der Waals surface area contributed by atoms with Gasteiger partial charge in [-0.25, -0.2) is 13.2 Å². The molecule has 0 aliphatic carbocycles. The molecule has 0 atom stereocenters. The molecule has 190 valence electrons. The van der Waals surface area contributed by atoms with Gasteiger partial charge >= 0.3 is 5.97 Å². The summed E-state index contributed by atoms with van der Waals surface area (Å²) in [5.41, 5.74) is 1.10. The second-order valence-corrected chi connectivity index (χ2v) is 10.4. The van der Waals surface area contributed by atoms with E-state index in [4.69, 9.17) is 4.74 Å². The second-order valence-electron chi connectivity index (χ2n) is 7.59. The molecular weight excluding hydrogens is 506 g/mol. The van der Waals surface area contributed by atoms with Crippen molar-refractivity contribution in [1.82, 2.24) is 0 Å². The summed E-state index contributed by atoms with van der Waals surface area (Å²) in [6.45, 7) is 6.00. The summed E-state index contributed by atoms with van der Waals surface area (Å²) in [4.78, 5) is 12.6. The lowest BCUT2D eigenvalue weighted by Crippen LogP contribution is -2.15. The molecule has 6 nitrogen and oxygen atoms in total. The number of nitrogens with one attached hydrogen (secondary N) is 1. The smallest absolute Gasteiger partial charge is 0.337 e. The van der Waals surface area contributed by atoms with Crippen molar-refractivity contribution in [3.63, 3.8) is 0 Å². The predicted octanol–water partition coefficient (Wildman–Crippen LogP) is 7.11. The van der Waals surface area contributed by atoms with Gasteiger partial charge in [0, 0.05) is 10.6 Å².